The Balaban J connectivity index is 1.39. The number of pyridine rings is 1. The molecule has 0 amide bonds. The van der Waals surface area contributed by atoms with E-state index in [1.165, 1.54) is 18.3 Å². The Morgan fingerprint density at radius 2 is 1.97 bits per heavy atom. The minimum Gasteiger partial charge on any atom is -0.358 e. The lowest BCUT2D eigenvalue weighted by atomic mass is 10.0. The summed E-state index contributed by atoms with van der Waals surface area (Å²) in [5, 5.41) is 9.07. The summed E-state index contributed by atoms with van der Waals surface area (Å²) in [6.45, 7) is 1.64. The van der Waals surface area contributed by atoms with Gasteiger partial charge in [0.05, 0.1) is 22.2 Å². The summed E-state index contributed by atoms with van der Waals surface area (Å²) in [5.74, 6) is -0.626. The number of H-pyrrole nitrogens is 1. The Hall–Kier alpha value is -3.41. The van der Waals surface area contributed by atoms with E-state index in [9.17, 15) is 17.6 Å². The highest BCUT2D eigenvalue weighted by Gasteiger charge is 2.18. The summed E-state index contributed by atoms with van der Waals surface area (Å²) in [7, 11) is -3.74. The predicted molar refractivity (Wildman–Crippen MR) is 131 cm³/mol. The van der Waals surface area contributed by atoms with Crippen molar-refractivity contribution in [3.63, 3.8) is 0 Å². The highest BCUT2D eigenvalue weighted by atomic mass is 35.5. The van der Waals surface area contributed by atoms with Crippen LogP contribution in [0.4, 0.5) is 10.2 Å². The van der Waals surface area contributed by atoms with Crippen molar-refractivity contribution in [1.29, 1.82) is 0 Å². The fourth-order valence-corrected chi connectivity index (χ4v) is 4.25. The minimum atomic E-state index is -3.74. The Labute approximate surface area is 206 Å². The molecule has 4 rings (SSSR count). The molecule has 4 aromatic rings. The number of halogens is 2. The van der Waals surface area contributed by atoms with Gasteiger partial charge in [0.15, 0.2) is 23.2 Å². The number of rotatable bonds is 9. The van der Waals surface area contributed by atoms with Gasteiger partial charge in [0.2, 0.25) is 10.0 Å². The van der Waals surface area contributed by atoms with Gasteiger partial charge < -0.3 is 10.3 Å². The fourth-order valence-electron chi connectivity index (χ4n) is 3.58. The standard InChI is InChI=1S/C23H22ClFN6O3S/c1-13(20(32)4-2-3-14-5-7-16(8-6-14)35(26,33)34)30-23-19(25)12-29-22(31-23)18-11-28-21-17(18)9-15(24)10-27-21/h5-13H,2-4H2,1H3,(H,27,28)(H2,26,33,34)(H,29,30,31)/t13-/m0/s1. The van der Waals surface area contributed by atoms with Crippen LogP contribution >= 0.6 is 11.6 Å². The van der Waals surface area contributed by atoms with Crippen molar-refractivity contribution >= 4 is 44.3 Å². The van der Waals surface area contributed by atoms with Gasteiger partial charge >= 0.3 is 0 Å². The number of nitrogens with two attached hydrogens (primary N) is 1. The third-order valence-corrected chi connectivity index (χ3v) is 6.60. The largest absolute Gasteiger partial charge is 0.358 e. The maximum atomic E-state index is 14.4. The number of hydrogen-bond acceptors (Lipinski definition) is 7. The molecule has 0 unspecified atom stereocenters. The lowest BCUT2D eigenvalue weighted by molar-refractivity contribution is -0.119. The smallest absolute Gasteiger partial charge is 0.238 e. The van der Waals surface area contributed by atoms with Crippen molar-refractivity contribution in [2.24, 2.45) is 5.14 Å². The van der Waals surface area contributed by atoms with E-state index in [-0.39, 0.29) is 28.7 Å². The number of hydrogen-bond donors (Lipinski definition) is 3. The molecule has 0 aliphatic rings. The van der Waals surface area contributed by atoms with Gasteiger partial charge in [-0.25, -0.2) is 32.9 Å². The first-order chi connectivity index (χ1) is 16.6. The van der Waals surface area contributed by atoms with E-state index in [0.29, 0.717) is 34.5 Å². The summed E-state index contributed by atoms with van der Waals surface area (Å²) in [4.78, 5) is 28.2. The molecule has 0 aliphatic carbocycles. The lowest BCUT2D eigenvalue weighted by Crippen LogP contribution is -2.27. The second kappa shape index (κ2) is 10.1. The van der Waals surface area contributed by atoms with Crippen LogP contribution in [0.3, 0.4) is 0 Å². The predicted octanol–water partition coefficient (Wildman–Crippen LogP) is 3.85. The molecule has 35 heavy (non-hydrogen) atoms. The molecule has 0 radical (unpaired) electrons. The van der Waals surface area contributed by atoms with Crippen LogP contribution < -0.4 is 10.5 Å². The second-order valence-electron chi connectivity index (χ2n) is 8.02. The molecular formula is C23H22ClFN6O3S. The number of anilines is 1. The van der Waals surface area contributed by atoms with Crippen molar-refractivity contribution in [2.75, 3.05) is 5.32 Å². The number of aromatic nitrogens is 4. The van der Waals surface area contributed by atoms with Crippen molar-refractivity contribution < 1.29 is 17.6 Å². The molecule has 0 saturated heterocycles. The maximum absolute atomic E-state index is 14.4. The number of fused-ring (bicyclic) bond motifs is 1. The molecular weight excluding hydrogens is 495 g/mol. The number of primary sulfonamides is 1. The van der Waals surface area contributed by atoms with Crippen LogP contribution in [0, 0.1) is 5.82 Å². The number of benzene rings is 1. The zero-order valence-electron chi connectivity index (χ0n) is 18.6. The van der Waals surface area contributed by atoms with E-state index < -0.39 is 21.9 Å². The number of nitrogens with one attached hydrogen (secondary N) is 2. The van der Waals surface area contributed by atoms with E-state index >= 15 is 0 Å². The molecule has 3 heterocycles. The molecule has 1 atom stereocenters. The summed E-state index contributed by atoms with van der Waals surface area (Å²) < 4.78 is 37.1. The number of ketones is 1. The van der Waals surface area contributed by atoms with Crippen molar-refractivity contribution in [3.05, 3.63) is 65.3 Å². The zero-order valence-corrected chi connectivity index (χ0v) is 20.2. The van der Waals surface area contributed by atoms with Gasteiger partial charge in [-0.15, -0.1) is 0 Å². The van der Waals surface area contributed by atoms with E-state index in [1.54, 1.807) is 31.3 Å². The first-order valence-electron chi connectivity index (χ1n) is 10.7. The quantitative estimate of drug-likeness (QED) is 0.306. The number of carbonyl (C=O) groups excluding carboxylic acids is 1. The third kappa shape index (κ3) is 5.81. The zero-order chi connectivity index (χ0) is 25.2. The number of nitrogens with zero attached hydrogens (tertiary/aromatic N) is 3. The maximum Gasteiger partial charge on any atom is 0.238 e. The number of carbonyl (C=O) groups is 1. The normalized spacial score (nSPS) is 12.6. The van der Waals surface area contributed by atoms with Crippen LogP contribution in [0.15, 0.2) is 53.8 Å². The molecule has 0 saturated carbocycles. The van der Waals surface area contributed by atoms with E-state index in [1.807, 2.05) is 0 Å². The molecule has 4 N–H and O–H groups in total. The van der Waals surface area contributed by atoms with Gasteiger partial charge in [-0.2, -0.15) is 0 Å². The molecule has 182 valence electrons. The minimum absolute atomic E-state index is 0.0355. The first-order valence-corrected chi connectivity index (χ1v) is 12.6. The highest BCUT2D eigenvalue weighted by Crippen LogP contribution is 2.28. The Kier molecular flexibility index (Phi) is 7.10. The SMILES string of the molecule is C[C@H](Nc1nc(-c2c[nH]c3ncc(Cl)cc23)ncc1F)C(=O)CCCc1ccc(S(N)(=O)=O)cc1. The van der Waals surface area contributed by atoms with Gasteiger partial charge in [-0.1, -0.05) is 23.7 Å². The number of sulfonamides is 1. The van der Waals surface area contributed by atoms with Crippen molar-refractivity contribution in [3.8, 4) is 11.4 Å². The molecule has 0 fully saturated rings. The van der Waals surface area contributed by atoms with Gasteiger partial charge in [-0.05, 0) is 43.5 Å². The van der Waals surface area contributed by atoms with Gasteiger partial charge in [-0.3, -0.25) is 4.79 Å². The number of Topliss-reactive ketones (excluding diaryl/α,β-unsaturated/α-hetero) is 1. The van der Waals surface area contributed by atoms with Crippen LogP contribution in [-0.4, -0.2) is 40.2 Å². The van der Waals surface area contributed by atoms with Crippen molar-refractivity contribution in [2.45, 2.75) is 37.1 Å². The molecule has 1 aromatic carbocycles. The van der Waals surface area contributed by atoms with Crippen LogP contribution in [-0.2, 0) is 21.2 Å². The molecule has 0 spiro atoms. The number of aromatic amines is 1. The molecule has 9 nitrogen and oxygen atoms in total. The molecule has 3 aromatic heterocycles. The average molecular weight is 517 g/mol. The molecule has 0 bridgehead atoms. The summed E-state index contributed by atoms with van der Waals surface area (Å²) in [5.41, 5.74) is 2.07. The Morgan fingerprint density at radius 1 is 1.23 bits per heavy atom. The van der Waals surface area contributed by atoms with Gasteiger partial charge in [0, 0.05) is 29.8 Å². The highest BCUT2D eigenvalue weighted by molar-refractivity contribution is 7.89. The molecule has 12 heteroatoms. The average Bonchev–Trinajstić information content (AvgIpc) is 3.23. The Bertz CT molecular complexity index is 1490. The van der Waals surface area contributed by atoms with Crippen LogP contribution in [0.5, 0.6) is 0 Å². The van der Waals surface area contributed by atoms with E-state index in [2.05, 4.69) is 25.3 Å². The third-order valence-electron chi connectivity index (χ3n) is 5.46. The fraction of sp³-hybridized carbons (Fsp3) is 0.217. The lowest BCUT2D eigenvalue weighted by Gasteiger charge is -2.14. The first kappa shape index (κ1) is 24.7. The van der Waals surface area contributed by atoms with Crippen LogP contribution in [0.25, 0.3) is 22.4 Å². The Morgan fingerprint density at radius 3 is 2.69 bits per heavy atom. The summed E-state index contributed by atoms with van der Waals surface area (Å²) in [6, 6.07) is 7.22. The molecule has 0 aliphatic heterocycles. The van der Waals surface area contributed by atoms with Crippen molar-refractivity contribution in [1.82, 2.24) is 19.9 Å². The number of aryl methyl sites for hydroxylation is 1. The van der Waals surface area contributed by atoms with E-state index in [0.717, 1.165) is 11.8 Å². The second-order valence-corrected chi connectivity index (χ2v) is 10.0. The summed E-state index contributed by atoms with van der Waals surface area (Å²) in [6.07, 6.45) is 5.58. The van der Waals surface area contributed by atoms with Gasteiger partial charge in [0.1, 0.15) is 5.65 Å². The van der Waals surface area contributed by atoms with Gasteiger partial charge in [0.25, 0.3) is 0 Å². The summed E-state index contributed by atoms with van der Waals surface area (Å²) >= 11 is 6.04. The monoisotopic (exact) mass is 516 g/mol. The van der Waals surface area contributed by atoms with Crippen LogP contribution in [0.2, 0.25) is 5.02 Å². The van der Waals surface area contributed by atoms with E-state index in [4.69, 9.17) is 16.7 Å². The topological polar surface area (TPSA) is 144 Å². The van der Waals surface area contributed by atoms with Crippen LogP contribution in [0.1, 0.15) is 25.3 Å².